The van der Waals surface area contributed by atoms with Crippen LogP contribution < -0.4 is 0 Å². The Morgan fingerprint density at radius 2 is 2.00 bits per heavy atom. The smallest absolute Gasteiger partial charge is 0.133 e. The minimum absolute atomic E-state index is 0.187. The van der Waals surface area contributed by atoms with Gasteiger partial charge >= 0.3 is 0 Å². The third-order valence-electron chi connectivity index (χ3n) is 2.30. The van der Waals surface area contributed by atoms with E-state index < -0.39 is 0 Å². The van der Waals surface area contributed by atoms with E-state index in [4.69, 9.17) is 9.57 Å². The highest BCUT2D eigenvalue weighted by atomic mass is 16.7. The molecule has 1 saturated heterocycles. The van der Waals surface area contributed by atoms with Crippen molar-refractivity contribution in [3.63, 3.8) is 0 Å². The van der Waals surface area contributed by atoms with Crippen LogP contribution in [0.2, 0.25) is 0 Å². The van der Waals surface area contributed by atoms with Crippen LogP contribution in [0.4, 0.5) is 0 Å². The van der Waals surface area contributed by atoms with Crippen LogP contribution in [-0.4, -0.2) is 31.0 Å². The predicted octanol–water partition coefficient (Wildman–Crippen LogP) is 2.18. The Hall–Kier alpha value is -0.120. The van der Waals surface area contributed by atoms with Crippen LogP contribution in [0.3, 0.4) is 0 Å². The summed E-state index contributed by atoms with van der Waals surface area (Å²) in [7, 11) is 0. The van der Waals surface area contributed by atoms with Crippen molar-refractivity contribution in [3.8, 4) is 0 Å². The average molecular weight is 187 g/mol. The summed E-state index contributed by atoms with van der Waals surface area (Å²) in [5, 5.41) is 2.01. The maximum absolute atomic E-state index is 5.63. The minimum Gasteiger partial charge on any atom is -0.361 e. The van der Waals surface area contributed by atoms with Crippen LogP contribution in [0, 0.1) is 0 Å². The van der Waals surface area contributed by atoms with Gasteiger partial charge in [0.2, 0.25) is 0 Å². The van der Waals surface area contributed by atoms with E-state index in [0.717, 1.165) is 26.2 Å². The summed E-state index contributed by atoms with van der Waals surface area (Å²) >= 11 is 0. The zero-order valence-electron chi connectivity index (χ0n) is 8.79. The van der Waals surface area contributed by atoms with Crippen LogP contribution in [0.5, 0.6) is 0 Å². The standard InChI is InChI=1S/C10H21NO2/c1-3-12-10-8-6-5-7-9-11(10)13-4-2/h10H,3-9H2,1-2H3. The Morgan fingerprint density at radius 1 is 1.15 bits per heavy atom. The number of hydrogen-bond acceptors (Lipinski definition) is 3. The SMILES string of the molecule is CCOC1CCCCCN1OCC. The molecule has 0 aromatic heterocycles. The number of hydroxylamine groups is 2. The fraction of sp³-hybridized carbons (Fsp3) is 1.00. The second kappa shape index (κ2) is 6.35. The van der Waals surface area contributed by atoms with Crippen molar-refractivity contribution < 1.29 is 9.57 Å². The predicted molar refractivity (Wildman–Crippen MR) is 52.2 cm³/mol. The fourth-order valence-corrected chi connectivity index (χ4v) is 1.72. The largest absolute Gasteiger partial charge is 0.361 e. The molecule has 0 bridgehead atoms. The highest BCUT2D eigenvalue weighted by molar-refractivity contribution is 4.61. The fourth-order valence-electron chi connectivity index (χ4n) is 1.72. The molecule has 1 rings (SSSR count). The molecule has 1 aliphatic rings. The Balaban J connectivity index is 2.40. The molecule has 1 heterocycles. The van der Waals surface area contributed by atoms with Crippen molar-refractivity contribution >= 4 is 0 Å². The van der Waals surface area contributed by atoms with E-state index in [1.54, 1.807) is 0 Å². The summed E-state index contributed by atoms with van der Waals surface area (Å²) in [5.41, 5.74) is 0. The van der Waals surface area contributed by atoms with Crippen molar-refractivity contribution in [1.82, 2.24) is 5.06 Å². The average Bonchev–Trinajstić information content (AvgIpc) is 2.33. The molecule has 1 atom stereocenters. The zero-order valence-corrected chi connectivity index (χ0v) is 8.79. The monoisotopic (exact) mass is 187 g/mol. The minimum atomic E-state index is 0.187. The van der Waals surface area contributed by atoms with Gasteiger partial charge in [0.15, 0.2) is 0 Å². The summed E-state index contributed by atoms with van der Waals surface area (Å²) in [5.74, 6) is 0. The van der Waals surface area contributed by atoms with Gasteiger partial charge in [-0.1, -0.05) is 6.42 Å². The van der Waals surface area contributed by atoms with E-state index in [0.29, 0.717) is 0 Å². The van der Waals surface area contributed by atoms with Gasteiger partial charge in [-0.25, -0.2) is 0 Å². The van der Waals surface area contributed by atoms with Crippen molar-refractivity contribution in [2.24, 2.45) is 0 Å². The maximum atomic E-state index is 5.63. The number of ether oxygens (including phenoxy) is 1. The van der Waals surface area contributed by atoms with Crippen molar-refractivity contribution in [1.29, 1.82) is 0 Å². The van der Waals surface area contributed by atoms with Gasteiger partial charge in [0.1, 0.15) is 6.23 Å². The summed E-state index contributed by atoms with van der Waals surface area (Å²) in [6.07, 6.45) is 5.08. The lowest BCUT2D eigenvalue weighted by Crippen LogP contribution is -2.37. The van der Waals surface area contributed by atoms with Gasteiger partial charge in [0, 0.05) is 13.2 Å². The second-order valence-corrected chi connectivity index (χ2v) is 3.32. The lowest BCUT2D eigenvalue weighted by atomic mass is 10.2. The topological polar surface area (TPSA) is 21.7 Å². The van der Waals surface area contributed by atoms with E-state index in [2.05, 4.69) is 0 Å². The van der Waals surface area contributed by atoms with Crippen molar-refractivity contribution in [2.45, 2.75) is 45.8 Å². The Morgan fingerprint density at radius 3 is 2.69 bits per heavy atom. The third-order valence-corrected chi connectivity index (χ3v) is 2.30. The third kappa shape index (κ3) is 3.63. The van der Waals surface area contributed by atoms with Crippen molar-refractivity contribution in [2.75, 3.05) is 19.8 Å². The van der Waals surface area contributed by atoms with Gasteiger partial charge in [-0.05, 0) is 33.1 Å². The highest BCUT2D eigenvalue weighted by Gasteiger charge is 2.21. The molecule has 3 heteroatoms. The quantitative estimate of drug-likeness (QED) is 0.673. The molecule has 0 aromatic rings. The van der Waals surface area contributed by atoms with E-state index in [-0.39, 0.29) is 6.23 Å². The maximum Gasteiger partial charge on any atom is 0.133 e. The van der Waals surface area contributed by atoms with E-state index in [9.17, 15) is 0 Å². The molecule has 0 amide bonds. The van der Waals surface area contributed by atoms with Gasteiger partial charge in [0.25, 0.3) is 0 Å². The molecular weight excluding hydrogens is 166 g/mol. The van der Waals surface area contributed by atoms with Crippen LogP contribution in [0.25, 0.3) is 0 Å². The molecular formula is C10H21NO2. The second-order valence-electron chi connectivity index (χ2n) is 3.32. The molecule has 1 unspecified atom stereocenters. The zero-order chi connectivity index (χ0) is 9.52. The molecule has 1 aliphatic heterocycles. The van der Waals surface area contributed by atoms with Gasteiger partial charge < -0.3 is 4.74 Å². The van der Waals surface area contributed by atoms with Crippen LogP contribution in [0.15, 0.2) is 0 Å². The number of nitrogens with zero attached hydrogens (tertiary/aromatic N) is 1. The lowest BCUT2D eigenvalue weighted by Gasteiger charge is -2.27. The molecule has 0 saturated carbocycles. The van der Waals surface area contributed by atoms with Crippen molar-refractivity contribution in [3.05, 3.63) is 0 Å². The molecule has 0 aromatic carbocycles. The Labute approximate surface area is 81.0 Å². The van der Waals surface area contributed by atoms with E-state index in [1.807, 2.05) is 18.9 Å². The summed E-state index contributed by atoms with van der Waals surface area (Å²) < 4.78 is 5.63. The van der Waals surface area contributed by atoms with Gasteiger partial charge in [-0.15, -0.1) is 0 Å². The first-order chi connectivity index (χ1) is 6.38. The molecule has 0 N–H and O–H groups in total. The highest BCUT2D eigenvalue weighted by Crippen LogP contribution is 2.17. The molecule has 0 spiro atoms. The lowest BCUT2D eigenvalue weighted by molar-refractivity contribution is -0.248. The van der Waals surface area contributed by atoms with Crippen LogP contribution in [-0.2, 0) is 9.57 Å². The van der Waals surface area contributed by atoms with Gasteiger partial charge in [-0.2, -0.15) is 5.06 Å². The normalized spacial score (nSPS) is 25.8. The summed E-state index contributed by atoms with van der Waals surface area (Å²) in [4.78, 5) is 5.54. The molecule has 3 nitrogen and oxygen atoms in total. The molecule has 0 radical (unpaired) electrons. The Kier molecular flexibility index (Phi) is 5.35. The number of rotatable bonds is 4. The number of hydrogen-bond donors (Lipinski definition) is 0. The van der Waals surface area contributed by atoms with Gasteiger partial charge in [0.05, 0.1) is 6.61 Å². The first-order valence-electron chi connectivity index (χ1n) is 5.39. The first kappa shape index (κ1) is 11.0. The van der Waals surface area contributed by atoms with Crippen LogP contribution in [0.1, 0.15) is 39.5 Å². The van der Waals surface area contributed by atoms with Crippen LogP contribution >= 0.6 is 0 Å². The van der Waals surface area contributed by atoms with E-state index >= 15 is 0 Å². The molecule has 0 aliphatic carbocycles. The summed E-state index contributed by atoms with van der Waals surface area (Å²) in [6, 6.07) is 0. The molecule has 78 valence electrons. The first-order valence-corrected chi connectivity index (χ1v) is 5.39. The van der Waals surface area contributed by atoms with E-state index in [1.165, 1.54) is 19.3 Å². The summed E-state index contributed by atoms with van der Waals surface area (Å²) in [6.45, 7) is 6.58. The molecule has 1 fully saturated rings. The van der Waals surface area contributed by atoms with Gasteiger partial charge in [-0.3, -0.25) is 4.84 Å². The molecule has 13 heavy (non-hydrogen) atoms. The Bertz CT molecular complexity index is 116.